The van der Waals surface area contributed by atoms with Crippen LogP contribution in [0.25, 0.3) is 0 Å². The predicted octanol–water partition coefficient (Wildman–Crippen LogP) is 2.09. The van der Waals surface area contributed by atoms with Gasteiger partial charge in [0.15, 0.2) is 9.84 Å². The molecule has 0 aliphatic rings. The van der Waals surface area contributed by atoms with Crippen molar-refractivity contribution in [2.75, 3.05) is 18.1 Å². The molecule has 0 unspecified atom stereocenters. The van der Waals surface area contributed by atoms with E-state index in [9.17, 15) is 18.0 Å². The van der Waals surface area contributed by atoms with Crippen LogP contribution in [0.2, 0.25) is 0 Å². The van der Waals surface area contributed by atoms with Gasteiger partial charge in [-0.25, -0.2) is 8.42 Å². The van der Waals surface area contributed by atoms with Crippen LogP contribution in [-0.4, -0.2) is 33.0 Å². The van der Waals surface area contributed by atoms with Crippen LogP contribution in [-0.2, 0) is 9.84 Å². The first-order chi connectivity index (χ1) is 11.3. The molecule has 0 saturated carbocycles. The molecule has 2 rings (SSSR count). The summed E-state index contributed by atoms with van der Waals surface area (Å²) in [5.41, 5.74) is 1.02. The first kappa shape index (κ1) is 17.7. The van der Waals surface area contributed by atoms with E-state index < -0.39 is 15.7 Å². The number of anilines is 1. The third-order valence-electron chi connectivity index (χ3n) is 3.27. The molecule has 0 fully saturated rings. The number of rotatable bonds is 5. The number of carbonyl (C=O) groups is 2. The van der Waals surface area contributed by atoms with Gasteiger partial charge in [-0.2, -0.15) is 0 Å². The van der Waals surface area contributed by atoms with Crippen LogP contribution < -0.4 is 10.6 Å². The predicted molar refractivity (Wildman–Crippen MR) is 92.0 cm³/mol. The molecule has 6 nitrogen and oxygen atoms in total. The van der Waals surface area contributed by atoms with E-state index in [-0.39, 0.29) is 16.4 Å². The fraction of sp³-hybridized carbons (Fsp3) is 0.176. The van der Waals surface area contributed by atoms with Crippen LogP contribution in [0.4, 0.5) is 5.69 Å². The topological polar surface area (TPSA) is 92.3 Å². The largest absolute Gasteiger partial charge is 0.352 e. The molecule has 0 bridgehead atoms. The number of hydrogen-bond donors (Lipinski definition) is 2. The molecular formula is C17H18N2O4S. The molecule has 2 aromatic rings. The van der Waals surface area contributed by atoms with E-state index >= 15 is 0 Å². The smallest absolute Gasteiger partial charge is 0.256 e. The maximum Gasteiger partial charge on any atom is 0.256 e. The summed E-state index contributed by atoms with van der Waals surface area (Å²) in [4.78, 5) is 24.0. The molecule has 0 radical (unpaired) electrons. The van der Waals surface area contributed by atoms with Crippen LogP contribution in [0.3, 0.4) is 0 Å². The van der Waals surface area contributed by atoms with Gasteiger partial charge >= 0.3 is 0 Å². The Morgan fingerprint density at radius 1 is 0.958 bits per heavy atom. The van der Waals surface area contributed by atoms with Gasteiger partial charge < -0.3 is 10.6 Å². The van der Waals surface area contributed by atoms with Crippen molar-refractivity contribution < 1.29 is 18.0 Å². The number of nitrogens with one attached hydrogen (secondary N) is 2. The summed E-state index contributed by atoms with van der Waals surface area (Å²) in [6.07, 6.45) is 1.06. The fourth-order valence-corrected chi connectivity index (χ4v) is 3.03. The quantitative estimate of drug-likeness (QED) is 0.867. The number of amides is 2. The monoisotopic (exact) mass is 346 g/mol. The molecule has 0 atom stereocenters. The van der Waals surface area contributed by atoms with Gasteiger partial charge in [-0.05, 0) is 43.3 Å². The Labute approximate surface area is 140 Å². The zero-order valence-corrected chi connectivity index (χ0v) is 14.2. The Morgan fingerprint density at radius 2 is 1.58 bits per heavy atom. The van der Waals surface area contributed by atoms with Crippen LogP contribution in [0.1, 0.15) is 27.6 Å². The average molecular weight is 346 g/mol. The second kappa shape index (κ2) is 7.27. The van der Waals surface area contributed by atoms with Gasteiger partial charge in [0.05, 0.1) is 10.5 Å². The molecule has 0 heterocycles. The summed E-state index contributed by atoms with van der Waals surface area (Å²) in [5, 5.41) is 5.31. The van der Waals surface area contributed by atoms with Crippen molar-refractivity contribution in [1.82, 2.24) is 5.32 Å². The van der Waals surface area contributed by atoms with Crippen molar-refractivity contribution >= 4 is 27.3 Å². The summed E-state index contributed by atoms with van der Waals surface area (Å²) < 4.78 is 23.5. The van der Waals surface area contributed by atoms with E-state index in [1.54, 1.807) is 36.4 Å². The summed E-state index contributed by atoms with van der Waals surface area (Å²) in [6, 6.07) is 12.4. The van der Waals surface area contributed by atoms with E-state index in [4.69, 9.17) is 0 Å². The van der Waals surface area contributed by atoms with Crippen LogP contribution in [0.5, 0.6) is 0 Å². The first-order valence-corrected chi connectivity index (χ1v) is 9.20. The van der Waals surface area contributed by atoms with E-state index in [2.05, 4.69) is 10.6 Å². The SMILES string of the molecule is CCNC(=O)c1ccc(NC(=O)c2ccccc2S(C)(=O)=O)cc1. The lowest BCUT2D eigenvalue weighted by molar-refractivity contribution is 0.0955. The molecule has 0 aliphatic carbocycles. The Kier molecular flexibility index (Phi) is 5.35. The van der Waals surface area contributed by atoms with Crippen molar-refractivity contribution in [3.63, 3.8) is 0 Å². The van der Waals surface area contributed by atoms with Crippen molar-refractivity contribution in [2.24, 2.45) is 0 Å². The van der Waals surface area contributed by atoms with E-state index in [0.29, 0.717) is 17.8 Å². The fourth-order valence-electron chi connectivity index (χ4n) is 2.14. The number of hydrogen-bond acceptors (Lipinski definition) is 4. The molecule has 2 aromatic carbocycles. The molecule has 0 aliphatic heterocycles. The second-order valence-corrected chi connectivity index (χ2v) is 7.14. The van der Waals surface area contributed by atoms with Gasteiger partial charge in [-0.1, -0.05) is 12.1 Å². The highest BCUT2D eigenvalue weighted by molar-refractivity contribution is 7.90. The summed E-state index contributed by atoms with van der Waals surface area (Å²) in [5.74, 6) is -0.723. The highest BCUT2D eigenvalue weighted by Crippen LogP contribution is 2.18. The number of carbonyl (C=O) groups excluding carboxylic acids is 2. The van der Waals surface area contributed by atoms with Gasteiger partial charge in [0.25, 0.3) is 11.8 Å². The summed E-state index contributed by atoms with van der Waals surface area (Å²) >= 11 is 0. The van der Waals surface area contributed by atoms with E-state index in [1.165, 1.54) is 12.1 Å². The zero-order valence-electron chi connectivity index (χ0n) is 13.4. The minimum atomic E-state index is -3.51. The number of benzene rings is 2. The summed E-state index contributed by atoms with van der Waals surface area (Å²) in [7, 11) is -3.51. The Morgan fingerprint density at radius 3 is 2.17 bits per heavy atom. The molecule has 126 valence electrons. The normalized spacial score (nSPS) is 10.9. The maximum absolute atomic E-state index is 12.3. The lowest BCUT2D eigenvalue weighted by Crippen LogP contribution is -2.22. The Balaban J connectivity index is 2.21. The molecular weight excluding hydrogens is 328 g/mol. The zero-order chi connectivity index (χ0) is 17.7. The van der Waals surface area contributed by atoms with Crippen molar-refractivity contribution in [1.29, 1.82) is 0 Å². The lowest BCUT2D eigenvalue weighted by atomic mass is 10.1. The van der Waals surface area contributed by atoms with Crippen LogP contribution in [0.15, 0.2) is 53.4 Å². The molecule has 0 saturated heterocycles. The van der Waals surface area contributed by atoms with Crippen molar-refractivity contribution in [3.05, 3.63) is 59.7 Å². The third kappa shape index (κ3) is 4.20. The molecule has 0 spiro atoms. The van der Waals surface area contributed by atoms with E-state index in [0.717, 1.165) is 6.26 Å². The van der Waals surface area contributed by atoms with Crippen LogP contribution in [0, 0.1) is 0 Å². The molecule has 7 heteroatoms. The van der Waals surface area contributed by atoms with Gasteiger partial charge in [-0.3, -0.25) is 9.59 Å². The minimum absolute atomic E-state index is 0.0264. The van der Waals surface area contributed by atoms with Crippen molar-refractivity contribution in [3.8, 4) is 0 Å². The highest BCUT2D eigenvalue weighted by Gasteiger charge is 2.18. The first-order valence-electron chi connectivity index (χ1n) is 7.31. The molecule has 2 amide bonds. The maximum atomic E-state index is 12.3. The highest BCUT2D eigenvalue weighted by atomic mass is 32.2. The Hall–Kier alpha value is -2.67. The van der Waals surface area contributed by atoms with Gasteiger partial charge in [0.1, 0.15) is 0 Å². The molecule has 0 aromatic heterocycles. The van der Waals surface area contributed by atoms with E-state index in [1.807, 2.05) is 6.92 Å². The molecule has 2 N–H and O–H groups in total. The Bertz CT molecular complexity index is 858. The average Bonchev–Trinajstić information content (AvgIpc) is 2.55. The third-order valence-corrected chi connectivity index (χ3v) is 4.43. The standard InChI is InChI=1S/C17H18N2O4S/c1-3-18-16(20)12-8-10-13(11-9-12)19-17(21)14-6-4-5-7-15(14)24(2,22)23/h4-11H,3H2,1-2H3,(H,18,20)(H,19,21). The minimum Gasteiger partial charge on any atom is -0.352 e. The van der Waals surface area contributed by atoms with Crippen LogP contribution >= 0.6 is 0 Å². The van der Waals surface area contributed by atoms with Crippen molar-refractivity contribution in [2.45, 2.75) is 11.8 Å². The molecule has 24 heavy (non-hydrogen) atoms. The second-order valence-electron chi connectivity index (χ2n) is 5.16. The van der Waals surface area contributed by atoms with Gasteiger partial charge in [0, 0.05) is 24.1 Å². The van der Waals surface area contributed by atoms with Gasteiger partial charge in [-0.15, -0.1) is 0 Å². The lowest BCUT2D eigenvalue weighted by Gasteiger charge is -2.09. The summed E-state index contributed by atoms with van der Waals surface area (Å²) in [6.45, 7) is 2.35. The number of sulfone groups is 1. The van der Waals surface area contributed by atoms with Gasteiger partial charge in [0.2, 0.25) is 0 Å².